The van der Waals surface area contributed by atoms with Gasteiger partial charge in [-0.3, -0.25) is 0 Å². The van der Waals surface area contributed by atoms with Gasteiger partial charge in [0, 0.05) is 38.8 Å². The SMILES string of the molecule is CC1(C)c2cc(Nc3ccccc3-c3ccccc3)ccc2-c2ccc(-n3c4ccccc4c4ccccc43)cc21. The Kier molecular flexibility index (Phi) is 5.20. The Morgan fingerprint density at radius 3 is 1.83 bits per heavy atom. The Labute approximate surface area is 240 Å². The number of hydrogen-bond acceptors (Lipinski definition) is 1. The smallest absolute Gasteiger partial charge is 0.0541 e. The molecule has 2 heteroatoms. The highest BCUT2D eigenvalue weighted by atomic mass is 15.0. The third kappa shape index (κ3) is 3.64. The summed E-state index contributed by atoms with van der Waals surface area (Å²) in [6.07, 6.45) is 0. The minimum Gasteiger partial charge on any atom is -0.355 e. The minimum absolute atomic E-state index is 0.129. The summed E-state index contributed by atoms with van der Waals surface area (Å²) >= 11 is 0. The lowest BCUT2D eigenvalue weighted by molar-refractivity contribution is 0.660. The maximum absolute atomic E-state index is 3.74. The molecule has 0 bridgehead atoms. The first-order chi connectivity index (χ1) is 20.1. The van der Waals surface area contributed by atoms with Crippen molar-refractivity contribution in [2.24, 2.45) is 0 Å². The van der Waals surface area contributed by atoms with Crippen LogP contribution in [-0.2, 0) is 5.41 Å². The van der Waals surface area contributed by atoms with Crippen LogP contribution in [0.3, 0.4) is 0 Å². The van der Waals surface area contributed by atoms with E-state index >= 15 is 0 Å². The van der Waals surface area contributed by atoms with Gasteiger partial charge in [-0.2, -0.15) is 0 Å². The molecule has 1 aliphatic carbocycles. The highest BCUT2D eigenvalue weighted by molar-refractivity contribution is 6.09. The van der Waals surface area contributed by atoms with Crippen molar-refractivity contribution < 1.29 is 0 Å². The largest absolute Gasteiger partial charge is 0.355 e. The van der Waals surface area contributed by atoms with Crippen molar-refractivity contribution in [3.63, 3.8) is 0 Å². The third-order valence-corrected chi connectivity index (χ3v) is 8.79. The normalized spacial score (nSPS) is 13.3. The molecule has 41 heavy (non-hydrogen) atoms. The predicted molar refractivity (Wildman–Crippen MR) is 174 cm³/mol. The zero-order valence-corrected chi connectivity index (χ0v) is 23.2. The average Bonchev–Trinajstić information content (AvgIpc) is 3.46. The van der Waals surface area contributed by atoms with E-state index in [1.807, 2.05) is 0 Å². The molecular weight excluding hydrogens is 496 g/mol. The monoisotopic (exact) mass is 526 g/mol. The lowest BCUT2D eigenvalue weighted by Crippen LogP contribution is -2.15. The van der Waals surface area contributed by atoms with Gasteiger partial charge in [0.25, 0.3) is 0 Å². The van der Waals surface area contributed by atoms with Gasteiger partial charge in [-0.25, -0.2) is 0 Å². The van der Waals surface area contributed by atoms with Crippen LogP contribution < -0.4 is 5.32 Å². The summed E-state index contributed by atoms with van der Waals surface area (Å²) in [5.41, 5.74) is 13.6. The molecule has 196 valence electrons. The number of nitrogens with one attached hydrogen (secondary N) is 1. The van der Waals surface area contributed by atoms with Crippen LogP contribution in [0.1, 0.15) is 25.0 Å². The fourth-order valence-electron chi connectivity index (χ4n) is 6.76. The van der Waals surface area contributed by atoms with Crippen molar-refractivity contribution in [1.82, 2.24) is 4.57 Å². The van der Waals surface area contributed by atoms with Crippen LogP contribution in [0.15, 0.2) is 140 Å². The van der Waals surface area contributed by atoms with Crippen molar-refractivity contribution in [1.29, 1.82) is 0 Å². The van der Waals surface area contributed by atoms with E-state index in [2.05, 4.69) is 163 Å². The van der Waals surface area contributed by atoms with Crippen LogP contribution in [0.2, 0.25) is 0 Å². The van der Waals surface area contributed by atoms with E-state index in [1.165, 1.54) is 60.9 Å². The first-order valence-electron chi connectivity index (χ1n) is 14.3. The van der Waals surface area contributed by atoms with Crippen LogP contribution >= 0.6 is 0 Å². The summed E-state index contributed by atoms with van der Waals surface area (Å²) in [5, 5.41) is 6.31. The van der Waals surface area contributed by atoms with Crippen molar-refractivity contribution >= 4 is 33.2 Å². The summed E-state index contributed by atoms with van der Waals surface area (Å²) in [4.78, 5) is 0. The third-order valence-electron chi connectivity index (χ3n) is 8.79. The average molecular weight is 527 g/mol. The predicted octanol–water partition coefficient (Wildman–Crippen LogP) is 10.5. The van der Waals surface area contributed by atoms with Crippen molar-refractivity contribution in [3.8, 4) is 27.9 Å². The number of aromatic nitrogens is 1. The van der Waals surface area contributed by atoms with Crippen molar-refractivity contribution in [2.75, 3.05) is 5.32 Å². The second-order valence-corrected chi connectivity index (χ2v) is 11.5. The van der Waals surface area contributed by atoms with Crippen LogP contribution in [0.4, 0.5) is 11.4 Å². The van der Waals surface area contributed by atoms with E-state index in [0.29, 0.717) is 0 Å². The molecule has 0 unspecified atom stereocenters. The van der Waals surface area contributed by atoms with Crippen LogP contribution in [0, 0.1) is 0 Å². The number of hydrogen-bond donors (Lipinski definition) is 1. The van der Waals surface area contributed by atoms with E-state index in [1.54, 1.807) is 0 Å². The molecule has 0 amide bonds. The molecule has 0 radical (unpaired) electrons. The highest BCUT2D eigenvalue weighted by Crippen LogP contribution is 2.50. The zero-order chi connectivity index (χ0) is 27.6. The highest BCUT2D eigenvalue weighted by Gasteiger charge is 2.36. The van der Waals surface area contributed by atoms with Gasteiger partial charge in [0.1, 0.15) is 0 Å². The Morgan fingerprint density at radius 1 is 0.512 bits per heavy atom. The summed E-state index contributed by atoms with van der Waals surface area (Å²) in [6, 6.07) is 50.4. The number of rotatable bonds is 4. The van der Waals surface area contributed by atoms with Gasteiger partial charge in [0.2, 0.25) is 0 Å². The molecule has 6 aromatic carbocycles. The summed E-state index contributed by atoms with van der Waals surface area (Å²) < 4.78 is 2.41. The summed E-state index contributed by atoms with van der Waals surface area (Å²) in [5.74, 6) is 0. The minimum atomic E-state index is -0.129. The molecule has 0 saturated carbocycles. The maximum Gasteiger partial charge on any atom is 0.0541 e. The molecule has 0 spiro atoms. The fourth-order valence-corrected chi connectivity index (χ4v) is 6.76. The quantitative estimate of drug-likeness (QED) is 0.241. The molecule has 2 nitrogen and oxygen atoms in total. The molecule has 1 heterocycles. The summed E-state index contributed by atoms with van der Waals surface area (Å²) in [7, 11) is 0. The fraction of sp³-hybridized carbons (Fsp3) is 0.0769. The van der Waals surface area contributed by atoms with E-state index in [4.69, 9.17) is 0 Å². The standard InChI is InChI=1S/C39H30N2/c1-39(2)34-24-27(40-36-17-9-6-14-29(36)26-12-4-3-5-13-26)20-22-30(34)31-23-21-28(25-35(31)39)41-37-18-10-7-15-32(37)33-16-8-11-19-38(33)41/h3-25,40H,1-2H3. The molecule has 1 N–H and O–H groups in total. The molecule has 0 atom stereocenters. The molecule has 7 aromatic rings. The molecule has 1 aromatic heterocycles. The number of fused-ring (bicyclic) bond motifs is 6. The van der Waals surface area contributed by atoms with E-state index < -0.39 is 0 Å². The van der Waals surface area contributed by atoms with E-state index in [-0.39, 0.29) is 5.41 Å². The topological polar surface area (TPSA) is 17.0 Å². The molecule has 8 rings (SSSR count). The number of anilines is 2. The van der Waals surface area contributed by atoms with Crippen LogP contribution in [0.25, 0.3) is 49.7 Å². The van der Waals surface area contributed by atoms with Gasteiger partial charge in [0.05, 0.1) is 11.0 Å². The van der Waals surface area contributed by atoms with Gasteiger partial charge >= 0.3 is 0 Å². The maximum atomic E-state index is 3.74. The second kappa shape index (κ2) is 8.97. The van der Waals surface area contributed by atoms with Gasteiger partial charge in [0.15, 0.2) is 0 Å². The summed E-state index contributed by atoms with van der Waals surface area (Å²) in [6.45, 7) is 4.71. The Morgan fingerprint density at radius 2 is 1.10 bits per heavy atom. The lowest BCUT2D eigenvalue weighted by Gasteiger charge is -2.23. The van der Waals surface area contributed by atoms with E-state index in [0.717, 1.165) is 11.4 Å². The molecule has 0 aliphatic heterocycles. The van der Waals surface area contributed by atoms with Crippen molar-refractivity contribution in [3.05, 3.63) is 151 Å². The molecule has 0 saturated heterocycles. The molecule has 1 aliphatic rings. The van der Waals surface area contributed by atoms with Crippen molar-refractivity contribution in [2.45, 2.75) is 19.3 Å². The van der Waals surface area contributed by atoms with Gasteiger partial charge < -0.3 is 9.88 Å². The van der Waals surface area contributed by atoms with Gasteiger partial charge in [-0.05, 0) is 70.3 Å². The van der Waals surface area contributed by atoms with Gasteiger partial charge in [-0.15, -0.1) is 0 Å². The van der Waals surface area contributed by atoms with Gasteiger partial charge in [-0.1, -0.05) is 111 Å². The first kappa shape index (κ1) is 23.8. The van der Waals surface area contributed by atoms with Crippen LogP contribution in [0.5, 0.6) is 0 Å². The Bertz CT molecular complexity index is 2040. The molecular formula is C39H30N2. The van der Waals surface area contributed by atoms with Crippen LogP contribution in [-0.4, -0.2) is 4.57 Å². The zero-order valence-electron chi connectivity index (χ0n) is 23.2. The van der Waals surface area contributed by atoms with E-state index in [9.17, 15) is 0 Å². The Balaban J connectivity index is 1.21. The number of para-hydroxylation sites is 3. The second-order valence-electron chi connectivity index (χ2n) is 11.5. The lowest BCUT2D eigenvalue weighted by atomic mass is 9.82. The Hall–Kier alpha value is -5.08. The molecule has 0 fully saturated rings. The number of benzene rings is 6. The first-order valence-corrected chi connectivity index (χ1v) is 14.3. The number of nitrogens with zero attached hydrogens (tertiary/aromatic N) is 1.